The van der Waals surface area contributed by atoms with Crippen LogP contribution in [0, 0.1) is 0 Å². The number of aromatic nitrogens is 5. The summed E-state index contributed by atoms with van der Waals surface area (Å²) in [4.78, 5) is 18.8. The summed E-state index contributed by atoms with van der Waals surface area (Å²) in [6.45, 7) is 1.80. The number of benzene rings is 1. The van der Waals surface area contributed by atoms with Crippen molar-refractivity contribution in [3.8, 4) is 11.7 Å². The Balaban J connectivity index is 1.36. The molecule has 5 rings (SSSR count). The molecule has 156 valence electrons. The molecule has 0 N–H and O–H groups in total. The lowest BCUT2D eigenvalue weighted by molar-refractivity contribution is -0.0964. The molecule has 4 heterocycles. The van der Waals surface area contributed by atoms with E-state index in [4.69, 9.17) is 14.6 Å². The Hall–Kier alpha value is -3.20. The highest BCUT2D eigenvalue weighted by Gasteiger charge is 2.44. The summed E-state index contributed by atoms with van der Waals surface area (Å²) in [5.74, 6) is -0.0292. The van der Waals surface area contributed by atoms with Crippen molar-refractivity contribution in [2.75, 3.05) is 26.8 Å². The lowest BCUT2D eigenvalue weighted by Gasteiger charge is -2.42. The van der Waals surface area contributed by atoms with Crippen LogP contribution < -0.4 is 4.74 Å². The second-order valence-corrected chi connectivity index (χ2v) is 7.71. The van der Waals surface area contributed by atoms with E-state index in [0.717, 1.165) is 17.8 Å². The minimum Gasteiger partial charge on any atom is -0.467 e. The molecule has 2 aliphatic rings. The van der Waals surface area contributed by atoms with E-state index in [2.05, 4.69) is 16.3 Å². The van der Waals surface area contributed by atoms with E-state index >= 15 is 0 Å². The number of aryl methyl sites for hydroxylation is 1. The standard InChI is InChI=1S/C21H24N6O3/c1-25-20(29-2)22-18(24-25)19(28)26-11-9-21(10-12-26)17-15(8-13-30-21)14-27(23-17)16-6-4-3-5-7-16/h3-7,14H,8-13H2,1-2H3. The van der Waals surface area contributed by atoms with Gasteiger partial charge in [0.25, 0.3) is 5.91 Å². The Morgan fingerprint density at radius 2 is 1.93 bits per heavy atom. The topological polar surface area (TPSA) is 87.3 Å². The number of piperidine rings is 1. The SMILES string of the molecule is COc1nc(C(=O)N2CCC3(CC2)OCCc2cn(-c4ccccc4)nc23)nn1C. The van der Waals surface area contributed by atoms with Crippen LogP contribution in [0.4, 0.5) is 0 Å². The largest absolute Gasteiger partial charge is 0.467 e. The first-order valence-electron chi connectivity index (χ1n) is 10.1. The maximum absolute atomic E-state index is 12.9. The molecule has 2 aromatic heterocycles. The molecule has 3 aromatic rings. The summed E-state index contributed by atoms with van der Waals surface area (Å²) in [7, 11) is 3.21. The van der Waals surface area contributed by atoms with Gasteiger partial charge in [-0.25, -0.2) is 9.36 Å². The second kappa shape index (κ2) is 7.24. The van der Waals surface area contributed by atoms with Gasteiger partial charge in [0.05, 0.1) is 25.1 Å². The molecule has 1 saturated heterocycles. The molecule has 2 aliphatic heterocycles. The number of rotatable bonds is 3. The number of hydrogen-bond acceptors (Lipinski definition) is 6. The number of carbonyl (C=O) groups is 1. The first kappa shape index (κ1) is 18.8. The van der Waals surface area contributed by atoms with E-state index in [1.807, 2.05) is 35.0 Å². The quantitative estimate of drug-likeness (QED) is 0.656. The van der Waals surface area contributed by atoms with Crippen LogP contribution in [0.5, 0.6) is 6.01 Å². The molecule has 1 aromatic carbocycles. The molecule has 1 amide bonds. The van der Waals surface area contributed by atoms with Crippen molar-refractivity contribution in [3.05, 3.63) is 53.6 Å². The third-order valence-electron chi connectivity index (χ3n) is 5.95. The van der Waals surface area contributed by atoms with E-state index in [1.54, 1.807) is 11.9 Å². The zero-order chi connectivity index (χ0) is 20.7. The van der Waals surface area contributed by atoms with Crippen molar-refractivity contribution in [3.63, 3.8) is 0 Å². The molecule has 30 heavy (non-hydrogen) atoms. The number of para-hydroxylation sites is 1. The summed E-state index contributed by atoms with van der Waals surface area (Å²) < 4.78 is 14.8. The lowest BCUT2D eigenvalue weighted by Crippen LogP contribution is -2.48. The number of ether oxygens (including phenoxy) is 2. The highest BCUT2D eigenvalue weighted by molar-refractivity contribution is 5.90. The van der Waals surface area contributed by atoms with Crippen LogP contribution in [-0.2, 0) is 23.8 Å². The number of nitrogens with zero attached hydrogens (tertiary/aromatic N) is 6. The summed E-state index contributed by atoms with van der Waals surface area (Å²) in [6.07, 6.45) is 4.35. The predicted octanol–water partition coefficient (Wildman–Crippen LogP) is 1.71. The van der Waals surface area contributed by atoms with Crippen molar-refractivity contribution >= 4 is 5.91 Å². The minimum atomic E-state index is -0.445. The monoisotopic (exact) mass is 408 g/mol. The van der Waals surface area contributed by atoms with Crippen molar-refractivity contribution < 1.29 is 14.3 Å². The third kappa shape index (κ3) is 3.06. The molecule has 9 heteroatoms. The van der Waals surface area contributed by atoms with Gasteiger partial charge in [-0.05, 0) is 37.0 Å². The smallest absolute Gasteiger partial charge is 0.314 e. The highest BCUT2D eigenvalue weighted by Crippen LogP contribution is 2.41. The van der Waals surface area contributed by atoms with Crippen LogP contribution in [0.1, 0.15) is 34.7 Å². The first-order chi connectivity index (χ1) is 14.6. The molecule has 1 spiro atoms. The average molecular weight is 408 g/mol. The predicted molar refractivity (Wildman–Crippen MR) is 108 cm³/mol. The minimum absolute atomic E-state index is 0.156. The van der Waals surface area contributed by atoms with Gasteiger partial charge in [0.2, 0.25) is 5.82 Å². The van der Waals surface area contributed by atoms with Gasteiger partial charge in [-0.3, -0.25) is 4.79 Å². The van der Waals surface area contributed by atoms with Crippen molar-refractivity contribution in [2.24, 2.45) is 7.05 Å². The Kier molecular flexibility index (Phi) is 4.54. The van der Waals surface area contributed by atoms with E-state index in [1.165, 1.54) is 17.4 Å². The van der Waals surface area contributed by atoms with E-state index in [9.17, 15) is 4.79 Å². The van der Waals surface area contributed by atoms with E-state index in [0.29, 0.717) is 38.5 Å². The molecule has 0 bridgehead atoms. The van der Waals surface area contributed by atoms with Gasteiger partial charge in [-0.15, -0.1) is 5.10 Å². The van der Waals surface area contributed by atoms with E-state index in [-0.39, 0.29) is 11.7 Å². The number of amides is 1. The van der Waals surface area contributed by atoms with Crippen molar-refractivity contribution in [2.45, 2.75) is 24.9 Å². The highest BCUT2D eigenvalue weighted by atomic mass is 16.5. The molecule has 1 fully saturated rings. The lowest BCUT2D eigenvalue weighted by atomic mass is 9.84. The molecule has 0 aliphatic carbocycles. The molecule has 9 nitrogen and oxygen atoms in total. The zero-order valence-electron chi connectivity index (χ0n) is 17.1. The number of fused-ring (bicyclic) bond motifs is 2. The van der Waals surface area contributed by atoms with Crippen LogP contribution in [0.25, 0.3) is 5.69 Å². The van der Waals surface area contributed by atoms with Crippen LogP contribution in [-0.4, -0.2) is 62.2 Å². The molecule has 0 atom stereocenters. The van der Waals surface area contributed by atoms with Crippen LogP contribution in [0.2, 0.25) is 0 Å². The van der Waals surface area contributed by atoms with Gasteiger partial charge in [0.15, 0.2) is 0 Å². The molecule has 0 unspecified atom stereocenters. The van der Waals surface area contributed by atoms with E-state index < -0.39 is 5.60 Å². The normalized spacial score (nSPS) is 17.7. The van der Waals surface area contributed by atoms with Gasteiger partial charge >= 0.3 is 6.01 Å². The van der Waals surface area contributed by atoms with Crippen LogP contribution in [0.15, 0.2) is 36.5 Å². The number of carbonyl (C=O) groups excluding carboxylic acids is 1. The van der Waals surface area contributed by atoms with Crippen molar-refractivity contribution in [1.82, 2.24) is 29.4 Å². The second-order valence-electron chi connectivity index (χ2n) is 7.71. The summed E-state index contributed by atoms with van der Waals surface area (Å²) in [5, 5.41) is 9.07. The molecular formula is C21H24N6O3. The fourth-order valence-electron chi connectivity index (χ4n) is 4.35. The average Bonchev–Trinajstić information content (AvgIpc) is 3.39. The molecule has 0 radical (unpaired) electrons. The number of methoxy groups -OCH3 is 1. The maximum Gasteiger partial charge on any atom is 0.314 e. The Labute approximate surface area is 174 Å². The zero-order valence-corrected chi connectivity index (χ0v) is 17.1. The van der Waals surface area contributed by atoms with Gasteiger partial charge in [-0.2, -0.15) is 10.1 Å². The Morgan fingerprint density at radius 1 is 1.17 bits per heavy atom. The van der Waals surface area contributed by atoms with Crippen molar-refractivity contribution in [1.29, 1.82) is 0 Å². The maximum atomic E-state index is 12.9. The van der Waals surface area contributed by atoms with Crippen LogP contribution >= 0.6 is 0 Å². The van der Waals surface area contributed by atoms with Gasteiger partial charge < -0.3 is 14.4 Å². The molecular weight excluding hydrogens is 384 g/mol. The fraction of sp³-hybridized carbons (Fsp3) is 0.429. The fourth-order valence-corrected chi connectivity index (χ4v) is 4.35. The summed E-state index contributed by atoms with van der Waals surface area (Å²) in [6, 6.07) is 10.4. The third-order valence-corrected chi connectivity index (χ3v) is 5.95. The van der Waals surface area contributed by atoms with Crippen LogP contribution in [0.3, 0.4) is 0 Å². The summed E-state index contributed by atoms with van der Waals surface area (Å²) in [5.41, 5.74) is 2.81. The Morgan fingerprint density at radius 3 is 2.63 bits per heavy atom. The first-order valence-corrected chi connectivity index (χ1v) is 10.1. The van der Waals surface area contributed by atoms with Gasteiger partial charge in [0, 0.05) is 26.3 Å². The molecule has 0 saturated carbocycles. The summed E-state index contributed by atoms with van der Waals surface area (Å²) >= 11 is 0. The number of likely N-dealkylation sites (tertiary alicyclic amines) is 1. The number of hydrogen-bond donors (Lipinski definition) is 0. The van der Waals surface area contributed by atoms with Gasteiger partial charge in [0.1, 0.15) is 5.60 Å². The Bertz CT molecular complexity index is 1070. The van der Waals surface area contributed by atoms with Gasteiger partial charge in [-0.1, -0.05) is 18.2 Å².